The molecule has 1 saturated heterocycles. The number of hydrogen-bond acceptors (Lipinski definition) is 6. The second-order valence-electron chi connectivity index (χ2n) is 9.08. The summed E-state index contributed by atoms with van der Waals surface area (Å²) in [5.41, 5.74) is 4.92. The molecule has 2 heterocycles. The van der Waals surface area contributed by atoms with Gasteiger partial charge in [0.2, 0.25) is 0 Å². The second kappa shape index (κ2) is 13.7. The molecule has 1 aromatic heterocycles. The van der Waals surface area contributed by atoms with E-state index in [1.807, 2.05) is 39.2 Å². The van der Waals surface area contributed by atoms with Crippen LogP contribution in [0.1, 0.15) is 59.4 Å². The van der Waals surface area contributed by atoms with Gasteiger partial charge in [-0.05, 0) is 70.1 Å². The predicted octanol–water partition coefficient (Wildman–Crippen LogP) is 4.31. The molecule has 1 aliphatic heterocycles. The monoisotopic (exact) mass is 512 g/mol. The highest BCUT2D eigenvalue weighted by Gasteiger charge is 2.25. The lowest BCUT2D eigenvalue weighted by Crippen LogP contribution is -2.40. The molecular weight excluding hydrogens is 472 g/mol. The van der Waals surface area contributed by atoms with Crippen LogP contribution in [-0.2, 0) is 17.8 Å². The summed E-state index contributed by atoms with van der Waals surface area (Å²) in [6.07, 6.45) is 7.96. The Labute approximate surface area is 219 Å². The smallest absolute Gasteiger partial charge is 0.254 e. The van der Waals surface area contributed by atoms with Crippen LogP contribution in [0.3, 0.4) is 0 Å². The van der Waals surface area contributed by atoms with Crippen LogP contribution in [-0.4, -0.2) is 49.5 Å². The van der Waals surface area contributed by atoms with Crippen molar-refractivity contribution < 1.29 is 9.53 Å². The average Bonchev–Trinajstić information content (AvgIpc) is 2.87. The van der Waals surface area contributed by atoms with Crippen LogP contribution < -0.4 is 21.1 Å². The number of pyridine rings is 1. The minimum atomic E-state index is -0.160. The standard InChI is InChI=1S/C28H40N4O3S/c1-6-8-13-29-17-21-9-10-24(32(7-2)22-11-14-35-15-12-22)20(4)26(21)28(34)30-18-23-25(36-5)16-19(3)31-27(23)33/h6,8-10,16,22,29H,7,11-15,17-18H2,1-5H3,(H,30,34)(H,31,33). The Morgan fingerprint density at radius 3 is 2.67 bits per heavy atom. The highest BCUT2D eigenvalue weighted by Crippen LogP contribution is 2.30. The molecular formula is C28H40N4O3S. The fraction of sp³-hybridized carbons (Fsp3) is 0.500. The number of hydrogen-bond donors (Lipinski definition) is 3. The molecule has 1 aromatic carbocycles. The number of allylic oxidation sites excluding steroid dienone is 1. The van der Waals surface area contributed by atoms with Gasteiger partial charge in [-0.3, -0.25) is 9.59 Å². The van der Waals surface area contributed by atoms with Crippen LogP contribution in [0, 0.1) is 13.8 Å². The number of aryl methyl sites for hydroxylation is 1. The first-order valence-corrected chi connectivity index (χ1v) is 14.0. The minimum absolute atomic E-state index is 0.157. The quantitative estimate of drug-likeness (QED) is 0.236. The van der Waals surface area contributed by atoms with Gasteiger partial charge in [-0.2, -0.15) is 0 Å². The van der Waals surface area contributed by atoms with Crippen molar-refractivity contribution in [3.8, 4) is 0 Å². The van der Waals surface area contributed by atoms with Gasteiger partial charge in [0.15, 0.2) is 0 Å². The van der Waals surface area contributed by atoms with E-state index in [4.69, 9.17) is 4.74 Å². The third kappa shape index (κ3) is 6.81. The van der Waals surface area contributed by atoms with Crippen molar-refractivity contribution in [2.45, 2.75) is 64.6 Å². The summed E-state index contributed by atoms with van der Waals surface area (Å²) in [5, 5.41) is 6.45. The molecule has 196 valence electrons. The number of amides is 1. The van der Waals surface area contributed by atoms with Crippen LogP contribution in [0.2, 0.25) is 0 Å². The van der Waals surface area contributed by atoms with Gasteiger partial charge in [-0.25, -0.2) is 0 Å². The molecule has 0 atom stereocenters. The van der Waals surface area contributed by atoms with Crippen molar-refractivity contribution >= 4 is 23.4 Å². The summed E-state index contributed by atoms with van der Waals surface area (Å²) < 4.78 is 5.58. The number of nitrogens with one attached hydrogen (secondary N) is 3. The van der Waals surface area contributed by atoms with Crippen molar-refractivity contribution in [1.82, 2.24) is 15.6 Å². The third-order valence-corrected chi connectivity index (χ3v) is 7.52. The summed E-state index contributed by atoms with van der Waals surface area (Å²) in [6, 6.07) is 6.55. The molecule has 1 fully saturated rings. The van der Waals surface area contributed by atoms with E-state index in [0.717, 1.165) is 66.5 Å². The van der Waals surface area contributed by atoms with Crippen LogP contribution in [0.4, 0.5) is 5.69 Å². The van der Waals surface area contributed by atoms with Gasteiger partial charge in [0.1, 0.15) is 0 Å². The maximum absolute atomic E-state index is 13.7. The Morgan fingerprint density at radius 2 is 2.00 bits per heavy atom. The van der Waals surface area contributed by atoms with E-state index in [9.17, 15) is 9.59 Å². The number of carbonyl (C=O) groups excluding carboxylic acids is 1. The Balaban J connectivity index is 1.93. The third-order valence-electron chi connectivity index (χ3n) is 6.72. The van der Waals surface area contributed by atoms with Crippen molar-refractivity contribution in [3.63, 3.8) is 0 Å². The van der Waals surface area contributed by atoms with Gasteiger partial charge >= 0.3 is 0 Å². The lowest BCUT2D eigenvalue weighted by Gasteiger charge is -2.37. The van der Waals surface area contributed by atoms with E-state index < -0.39 is 0 Å². The molecule has 3 N–H and O–H groups in total. The molecule has 36 heavy (non-hydrogen) atoms. The first-order valence-electron chi connectivity index (χ1n) is 12.7. The maximum atomic E-state index is 13.7. The van der Waals surface area contributed by atoms with Crippen molar-refractivity contribution in [1.29, 1.82) is 0 Å². The van der Waals surface area contributed by atoms with Gasteiger partial charge < -0.3 is 25.3 Å². The van der Waals surface area contributed by atoms with E-state index in [-0.39, 0.29) is 18.0 Å². The molecule has 0 bridgehead atoms. The van der Waals surface area contributed by atoms with E-state index in [1.165, 1.54) is 11.8 Å². The summed E-state index contributed by atoms with van der Waals surface area (Å²) in [5.74, 6) is -0.160. The minimum Gasteiger partial charge on any atom is -0.381 e. The normalized spacial score (nSPS) is 14.4. The first-order chi connectivity index (χ1) is 17.4. The molecule has 0 spiro atoms. The van der Waals surface area contributed by atoms with Gasteiger partial charge in [0, 0.05) is 72.8 Å². The average molecular weight is 513 g/mol. The first kappa shape index (κ1) is 28.0. The topological polar surface area (TPSA) is 86.5 Å². The molecule has 0 saturated carbocycles. The molecule has 1 amide bonds. The summed E-state index contributed by atoms with van der Waals surface area (Å²) >= 11 is 1.51. The fourth-order valence-corrected chi connectivity index (χ4v) is 5.56. The highest BCUT2D eigenvalue weighted by atomic mass is 32.2. The number of aromatic amines is 1. The molecule has 0 aliphatic carbocycles. The van der Waals surface area contributed by atoms with E-state index in [0.29, 0.717) is 23.7 Å². The molecule has 7 nitrogen and oxygen atoms in total. The van der Waals surface area contributed by atoms with Gasteiger partial charge in [-0.15, -0.1) is 11.8 Å². The lowest BCUT2D eigenvalue weighted by molar-refractivity contribution is 0.0845. The molecule has 3 rings (SSSR count). The van der Waals surface area contributed by atoms with Gasteiger partial charge in [-0.1, -0.05) is 18.2 Å². The summed E-state index contributed by atoms with van der Waals surface area (Å²) in [7, 11) is 0. The van der Waals surface area contributed by atoms with Crippen molar-refractivity contribution in [2.75, 3.05) is 37.5 Å². The van der Waals surface area contributed by atoms with E-state index >= 15 is 0 Å². The summed E-state index contributed by atoms with van der Waals surface area (Å²) in [6.45, 7) is 11.9. The van der Waals surface area contributed by atoms with Crippen LogP contribution in [0.25, 0.3) is 0 Å². The Hall–Kier alpha value is -2.55. The Kier molecular flexibility index (Phi) is 10.6. The Bertz CT molecular complexity index is 1120. The van der Waals surface area contributed by atoms with Crippen molar-refractivity contribution in [2.24, 2.45) is 0 Å². The highest BCUT2D eigenvalue weighted by molar-refractivity contribution is 7.98. The number of aromatic nitrogens is 1. The summed E-state index contributed by atoms with van der Waals surface area (Å²) in [4.78, 5) is 32.4. The molecule has 0 radical (unpaired) electrons. The van der Waals surface area contributed by atoms with Gasteiger partial charge in [0.25, 0.3) is 11.5 Å². The molecule has 8 heteroatoms. The largest absolute Gasteiger partial charge is 0.381 e. The number of ether oxygens (including phenoxy) is 1. The van der Waals surface area contributed by atoms with Crippen molar-refractivity contribution in [3.05, 3.63) is 68.7 Å². The fourth-order valence-electron chi connectivity index (χ4n) is 4.85. The number of thioether (sulfide) groups is 1. The zero-order valence-electron chi connectivity index (χ0n) is 22.2. The van der Waals surface area contributed by atoms with E-state index in [1.54, 1.807) is 0 Å². The predicted molar refractivity (Wildman–Crippen MR) is 149 cm³/mol. The zero-order valence-corrected chi connectivity index (χ0v) is 23.0. The number of anilines is 1. The Morgan fingerprint density at radius 1 is 1.25 bits per heavy atom. The number of benzene rings is 1. The lowest BCUT2D eigenvalue weighted by atomic mass is 9.96. The van der Waals surface area contributed by atoms with Crippen LogP contribution in [0.15, 0.2) is 40.0 Å². The number of rotatable bonds is 11. The SMILES string of the molecule is CC=CCNCc1ccc(N(CC)C2CCOCC2)c(C)c1C(=O)NCc1c(SC)cc(C)[nH]c1=O. The van der Waals surface area contributed by atoms with Crippen LogP contribution >= 0.6 is 11.8 Å². The molecule has 0 unspecified atom stereocenters. The number of carbonyl (C=O) groups is 1. The molecule has 1 aliphatic rings. The second-order valence-corrected chi connectivity index (χ2v) is 9.93. The number of nitrogens with zero attached hydrogens (tertiary/aromatic N) is 1. The van der Waals surface area contributed by atoms with E-state index in [2.05, 4.69) is 45.6 Å². The maximum Gasteiger partial charge on any atom is 0.254 e. The van der Waals surface area contributed by atoms with Crippen LogP contribution in [0.5, 0.6) is 0 Å². The zero-order chi connectivity index (χ0) is 26.1. The van der Waals surface area contributed by atoms with Gasteiger partial charge in [0.05, 0.1) is 0 Å². The molecule has 2 aromatic rings. The number of H-pyrrole nitrogens is 1.